The van der Waals surface area contributed by atoms with E-state index in [2.05, 4.69) is 5.32 Å². The Bertz CT molecular complexity index is 346. The quantitative estimate of drug-likeness (QED) is 0.848. The molecule has 2 aliphatic rings. The number of piperidine rings is 1. The summed E-state index contributed by atoms with van der Waals surface area (Å²) in [7, 11) is 1.86. The minimum absolute atomic E-state index is 0.0247. The molecule has 1 amide bonds. The van der Waals surface area contributed by atoms with Gasteiger partial charge in [0.05, 0.1) is 5.92 Å². The summed E-state index contributed by atoms with van der Waals surface area (Å²) in [6.45, 7) is 1.31. The Hall–Kier alpha value is -0.780. The van der Waals surface area contributed by atoms with E-state index in [4.69, 9.17) is 0 Å². The molecule has 6 heteroatoms. The molecule has 1 aliphatic heterocycles. The lowest BCUT2D eigenvalue weighted by atomic mass is 9.80. The summed E-state index contributed by atoms with van der Waals surface area (Å²) in [6.07, 6.45) is -0.956. The van der Waals surface area contributed by atoms with Crippen LogP contribution in [0.1, 0.15) is 38.5 Å². The molecule has 1 N–H and O–H groups in total. The molecule has 1 aliphatic carbocycles. The third-order valence-electron chi connectivity index (χ3n) is 4.63. The van der Waals surface area contributed by atoms with Crippen LogP contribution >= 0.6 is 0 Å². The normalized spacial score (nSPS) is 32.2. The number of likely N-dealkylation sites (tertiary alicyclic amines) is 1. The first-order valence-corrected chi connectivity index (χ1v) is 7.44. The van der Waals surface area contributed by atoms with E-state index in [1.165, 1.54) is 0 Å². The SMILES string of the molecule is CNC1CCCN(C(=O)C2CCCC(C(F)(F)F)C2)C1. The number of hydrogen-bond acceptors (Lipinski definition) is 2. The molecule has 0 aromatic carbocycles. The van der Waals surface area contributed by atoms with Crippen molar-refractivity contribution in [2.45, 2.75) is 50.7 Å². The van der Waals surface area contributed by atoms with E-state index in [9.17, 15) is 18.0 Å². The van der Waals surface area contributed by atoms with Crippen LogP contribution in [0.4, 0.5) is 13.2 Å². The number of nitrogens with one attached hydrogen (secondary N) is 1. The highest BCUT2D eigenvalue weighted by molar-refractivity contribution is 5.79. The lowest BCUT2D eigenvalue weighted by Gasteiger charge is -2.37. The van der Waals surface area contributed by atoms with Crippen LogP contribution in [0, 0.1) is 11.8 Å². The molecule has 116 valence electrons. The lowest BCUT2D eigenvalue weighted by molar-refractivity contribution is -0.187. The van der Waals surface area contributed by atoms with Crippen molar-refractivity contribution in [2.24, 2.45) is 11.8 Å². The minimum atomic E-state index is -4.16. The number of nitrogens with zero attached hydrogens (tertiary/aromatic N) is 1. The number of likely N-dealkylation sites (N-methyl/N-ethyl adjacent to an activating group) is 1. The summed E-state index contributed by atoms with van der Waals surface area (Å²) in [4.78, 5) is 14.2. The van der Waals surface area contributed by atoms with Crippen LogP contribution in [0.3, 0.4) is 0 Å². The highest BCUT2D eigenvalue weighted by Crippen LogP contribution is 2.40. The van der Waals surface area contributed by atoms with Crippen molar-refractivity contribution >= 4 is 5.91 Å². The van der Waals surface area contributed by atoms with Crippen LogP contribution < -0.4 is 5.32 Å². The molecule has 20 heavy (non-hydrogen) atoms. The second kappa shape index (κ2) is 6.33. The second-order valence-corrected chi connectivity index (χ2v) is 6.01. The van der Waals surface area contributed by atoms with Gasteiger partial charge in [0, 0.05) is 25.0 Å². The van der Waals surface area contributed by atoms with Gasteiger partial charge in [-0.3, -0.25) is 4.79 Å². The van der Waals surface area contributed by atoms with Crippen molar-refractivity contribution in [2.75, 3.05) is 20.1 Å². The molecule has 0 aromatic heterocycles. The van der Waals surface area contributed by atoms with Crippen molar-refractivity contribution < 1.29 is 18.0 Å². The van der Waals surface area contributed by atoms with E-state index in [0.29, 0.717) is 25.9 Å². The van der Waals surface area contributed by atoms with Gasteiger partial charge in [-0.25, -0.2) is 0 Å². The molecular weight excluding hydrogens is 269 g/mol. The number of amides is 1. The Morgan fingerprint density at radius 1 is 1.20 bits per heavy atom. The largest absolute Gasteiger partial charge is 0.391 e. The number of carbonyl (C=O) groups is 1. The van der Waals surface area contributed by atoms with Crippen LogP contribution in [0.15, 0.2) is 0 Å². The second-order valence-electron chi connectivity index (χ2n) is 6.01. The van der Waals surface area contributed by atoms with E-state index >= 15 is 0 Å². The molecule has 0 radical (unpaired) electrons. The number of carbonyl (C=O) groups excluding carboxylic acids is 1. The predicted octanol–water partition coefficient (Wildman–Crippen LogP) is 2.57. The van der Waals surface area contributed by atoms with Crippen molar-refractivity contribution in [1.29, 1.82) is 0 Å². The van der Waals surface area contributed by atoms with Gasteiger partial charge < -0.3 is 10.2 Å². The molecule has 0 bridgehead atoms. The third kappa shape index (κ3) is 3.65. The zero-order valence-electron chi connectivity index (χ0n) is 11.9. The number of hydrogen-bond donors (Lipinski definition) is 1. The monoisotopic (exact) mass is 292 g/mol. The van der Waals surface area contributed by atoms with Crippen LogP contribution in [0.25, 0.3) is 0 Å². The van der Waals surface area contributed by atoms with E-state index in [1.807, 2.05) is 7.05 Å². The van der Waals surface area contributed by atoms with Crippen molar-refractivity contribution in [3.05, 3.63) is 0 Å². The maximum atomic E-state index is 12.8. The van der Waals surface area contributed by atoms with E-state index < -0.39 is 18.0 Å². The van der Waals surface area contributed by atoms with Gasteiger partial charge in [-0.05, 0) is 39.2 Å². The maximum absolute atomic E-state index is 12.8. The van der Waals surface area contributed by atoms with Crippen LogP contribution in [-0.2, 0) is 4.79 Å². The van der Waals surface area contributed by atoms with Crippen LogP contribution in [0.2, 0.25) is 0 Å². The smallest absolute Gasteiger partial charge is 0.341 e. The predicted molar refractivity (Wildman–Crippen MR) is 70.2 cm³/mol. The fraction of sp³-hybridized carbons (Fsp3) is 0.929. The molecule has 1 saturated heterocycles. The summed E-state index contributed by atoms with van der Waals surface area (Å²) in [5.74, 6) is -1.81. The molecule has 1 heterocycles. The Morgan fingerprint density at radius 2 is 1.95 bits per heavy atom. The van der Waals surface area contributed by atoms with Crippen molar-refractivity contribution in [1.82, 2.24) is 10.2 Å². The Balaban J connectivity index is 1.94. The van der Waals surface area contributed by atoms with Crippen molar-refractivity contribution in [3.63, 3.8) is 0 Å². The highest BCUT2D eigenvalue weighted by Gasteiger charge is 2.44. The van der Waals surface area contributed by atoms with Gasteiger partial charge in [-0.2, -0.15) is 13.2 Å². The molecule has 1 saturated carbocycles. The molecule has 2 fully saturated rings. The fourth-order valence-corrected chi connectivity index (χ4v) is 3.38. The standard InChI is InChI=1S/C14H23F3N2O/c1-18-12-6-3-7-19(9-12)13(20)10-4-2-5-11(8-10)14(15,16)17/h10-12,18H,2-9H2,1H3. The zero-order chi connectivity index (χ0) is 14.8. The van der Waals surface area contributed by atoms with E-state index in [-0.39, 0.29) is 24.8 Å². The van der Waals surface area contributed by atoms with Crippen molar-refractivity contribution in [3.8, 4) is 0 Å². The average Bonchev–Trinajstić information content (AvgIpc) is 2.46. The Morgan fingerprint density at radius 3 is 2.60 bits per heavy atom. The highest BCUT2D eigenvalue weighted by atomic mass is 19.4. The summed E-state index contributed by atoms with van der Waals surface area (Å²) in [6, 6.07) is 0.273. The molecule has 3 nitrogen and oxygen atoms in total. The first-order valence-electron chi connectivity index (χ1n) is 7.44. The Kier molecular flexibility index (Phi) is 4.94. The molecule has 0 spiro atoms. The fourth-order valence-electron chi connectivity index (χ4n) is 3.38. The lowest BCUT2D eigenvalue weighted by Crippen LogP contribution is -2.49. The zero-order valence-corrected chi connectivity index (χ0v) is 11.9. The van der Waals surface area contributed by atoms with Gasteiger partial charge in [0.2, 0.25) is 5.91 Å². The molecular formula is C14H23F3N2O. The van der Waals surface area contributed by atoms with Gasteiger partial charge in [-0.15, -0.1) is 0 Å². The van der Waals surface area contributed by atoms with Crippen LogP contribution in [0.5, 0.6) is 0 Å². The molecule has 3 unspecified atom stereocenters. The maximum Gasteiger partial charge on any atom is 0.391 e. The first kappa shape index (κ1) is 15.6. The first-order chi connectivity index (χ1) is 9.41. The third-order valence-corrected chi connectivity index (χ3v) is 4.63. The van der Waals surface area contributed by atoms with Gasteiger partial charge in [-0.1, -0.05) is 6.42 Å². The molecule has 0 aromatic rings. The summed E-state index contributed by atoms with van der Waals surface area (Å²) < 4.78 is 38.4. The summed E-state index contributed by atoms with van der Waals surface area (Å²) in [5.41, 5.74) is 0. The van der Waals surface area contributed by atoms with Gasteiger partial charge >= 0.3 is 6.18 Å². The van der Waals surface area contributed by atoms with Gasteiger partial charge in [0.25, 0.3) is 0 Å². The van der Waals surface area contributed by atoms with Gasteiger partial charge in [0.1, 0.15) is 0 Å². The van der Waals surface area contributed by atoms with E-state index in [0.717, 1.165) is 12.8 Å². The Labute approximate surface area is 117 Å². The van der Waals surface area contributed by atoms with E-state index in [1.54, 1.807) is 4.90 Å². The average molecular weight is 292 g/mol. The molecule has 3 atom stereocenters. The summed E-state index contributed by atoms with van der Waals surface area (Å²) >= 11 is 0. The van der Waals surface area contributed by atoms with Gasteiger partial charge in [0.15, 0.2) is 0 Å². The minimum Gasteiger partial charge on any atom is -0.341 e. The van der Waals surface area contributed by atoms with Crippen LogP contribution in [-0.4, -0.2) is 43.2 Å². The summed E-state index contributed by atoms with van der Waals surface area (Å²) in [5, 5.41) is 3.15. The molecule has 2 rings (SSSR count). The number of rotatable bonds is 2. The number of alkyl halides is 3. The number of halogens is 3. The topological polar surface area (TPSA) is 32.3 Å².